The van der Waals surface area contributed by atoms with Gasteiger partial charge in [0.2, 0.25) is 5.91 Å². The number of hydrogen-bond donors (Lipinski definition) is 4. The molecule has 3 aromatic carbocycles. The lowest BCUT2D eigenvalue weighted by Crippen LogP contribution is -2.50. The van der Waals surface area contributed by atoms with Crippen LogP contribution < -0.4 is 20.9 Å². The lowest BCUT2D eigenvalue weighted by atomic mass is 9.86. The molecule has 41 heavy (non-hydrogen) atoms. The smallest absolute Gasteiger partial charge is 0.404 e. The first kappa shape index (κ1) is 29.9. The number of fused-ring (bicyclic) bond motifs is 1. The SMILES string of the molecule is CC(=O)N1c2ccc(-c3ccc(C(=O)NCC(NC(=O)O)C(C)(C)C)cc3)cc2[C@H](Nc2ccc(Cl)cc2)C[C@@H]1C. The van der Waals surface area contributed by atoms with Crippen molar-refractivity contribution in [2.24, 2.45) is 5.41 Å². The van der Waals surface area contributed by atoms with Crippen LogP contribution in [0.5, 0.6) is 0 Å². The second kappa shape index (κ2) is 12.2. The fraction of sp³-hybridized carbons (Fsp3) is 0.344. The lowest BCUT2D eigenvalue weighted by molar-refractivity contribution is -0.117. The van der Waals surface area contributed by atoms with E-state index in [1.54, 1.807) is 19.1 Å². The minimum absolute atomic E-state index is 0.000868. The number of halogens is 1. The topological polar surface area (TPSA) is 111 Å². The van der Waals surface area contributed by atoms with E-state index in [0.29, 0.717) is 10.6 Å². The van der Waals surface area contributed by atoms with Gasteiger partial charge in [-0.05, 0) is 84.0 Å². The number of nitrogens with zero attached hydrogens (tertiary/aromatic N) is 1. The predicted octanol–water partition coefficient (Wildman–Crippen LogP) is 6.72. The Balaban J connectivity index is 1.56. The molecular weight excluding hydrogens is 540 g/mol. The van der Waals surface area contributed by atoms with Crippen LogP contribution in [-0.2, 0) is 4.79 Å². The first-order chi connectivity index (χ1) is 19.3. The van der Waals surface area contributed by atoms with Crippen LogP contribution in [0.2, 0.25) is 5.02 Å². The van der Waals surface area contributed by atoms with Crippen LogP contribution in [0.4, 0.5) is 16.2 Å². The molecule has 8 nitrogen and oxygen atoms in total. The highest BCUT2D eigenvalue weighted by Gasteiger charge is 2.33. The maximum absolute atomic E-state index is 12.8. The van der Waals surface area contributed by atoms with Gasteiger partial charge in [0.15, 0.2) is 0 Å². The summed E-state index contributed by atoms with van der Waals surface area (Å²) in [7, 11) is 0. The summed E-state index contributed by atoms with van der Waals surface area (Å²) in [6.45, 7) is 9.57. The Morgan fingerprint density at radius 3 is 2.22 bits per heavy atom. The molecule has 0 radical (unpaired) electrons. The molecule has 1 heterocycles. The molecule has 4 N–H and O–H groups in total. The summed E-state index contributed by atoms with van der Waals surface area (Å²) >= 11 is 6.08. The molecule has 0 spiro atoms. The third kappa shape index (κ3) is 7.19. The van der Waals surface area contributed by atoms with Crippen LogP contribution in [0, 0.1) is 5.41 Å². The number of amides is 3. The normalized spacial score (nSPS) is 17.3. The summed E-state index contributed by atoms with van der Waals surface area (Å²) in [5, 5.41) is 18.8. The average Bonchev–Trinajstić information content (AvgIpc) is 2.91. The number of benzene rings is 3. The molecule has 3 aromatic rings. The first-order valence-corrected chi connectivity index (χ1v) is 14.0. The van der Waals surface area contributed by atoms with E-state index >= 15 is 0 Å². The van der Waals surface area contributed by atoms with Crippen molar-refractivity contribution in [2.75, 3.05) is 16.8 Å². The summed E-state index contributed by atoms with van der Waals surface area (Å²) in [6.07, 6.45) is -0.385. The number of hydrogen-bond acceptors (Lipinski definition) is 4. The Bertz CT molecular complexity index is 1420. The van der Waals surface area contributed by atoms with E-state index in [4.69, 9.17) is 16.7 Å². The van der Waals surface area contributed by atoms with Gasteiger partial charge in [0, 0.05) is 41.5 Å². The van der Waals surface area contributed by atoms with E-state index in [0.717, 1.165) is 34.5 Å². The van der Waals surface area contributed by atoms with E-state index in [1.165, 1.54) is 0 Å². The summed E-state index contributed by atoms with van der Waals surface area (Å²) in [5.74, 6) is -0.277. The van der Waals surface area contributed by atoms with Crippen molar-refractivity contribution in [3.63, 3.8) is 0 Å². The molecule has 1 unspecified atom stereocenters. The van der Waals surface area contributed by atoms with Crippen molar-refractivity contribution in [2.45, 2.75) is 59.2 Å². The first-order valence-electron chi connectivity index (χ1n) is 13.7. The highest BCUT2D eigenvalue weighted by Crippen LogP contribution is 2.41. The quantitative estimate of drug-likeness (QED) is 0.250. The van der Waals surface area contributed by atoms with E-state index in [1.807, 2.05) is 74.2 Å². The Morgan fingerprint density at radius 2 is 1.63 bits per heavy atom. The standard InChI is InChI=1S/C32H37ClN4O4/c1-19-16-27(35-25-13-11-24(33)12-14-25)26-17-23(10-15-28(26)37(19)20(2)38)21-6-8-22(9-7-21)30(39)34-18-29(32(3,4)5)36-31(40)41/h6-15,17,19,27,29,35-36H,16,18H2,1-5H3,(H,34,39)(H,40,41)/t19-,27+,29?/m0/s1. The van der Waals surface area contributed by atoms with Crippen LogP contribution in [0.15, 0.2) is 66.7 Å². The number of carbonyl (C=O) groups is 3. The van der Waals surface area contributed by atoms with E-state index in [9.17, 15) is 14.4 Å². The average molecular weight is 577 g/mol. The van der Waals surface area contributed by atoms with Gasteiger partial charge in [-0.2, -0.15) is 0 Å². The molecule has 0 fully saturated rings. The second-order valence-electron chi connectivity index (χ2n) is 11.6. The van der Waals surface area contributed by atoms with Crippen molar-refractivity contribution in [1.29, 1.82) is 0 Å². The van der Waals surface area contributed by atoms with Gasteiger partial charge < -0.3 is 26.0 Å². The fourth-order valence-corrected chi connectivity index (χ4v) is 5.37. The van der Waals surface area contributed by atoms with Gasteiger partial charge in [-0.1, -0.05) is 50.6 Å². The molecule has 0 saturated carbocycles. The van der Waals surface area contributed by atoms with Crippen molar-refractivity contribution in [3.05, 3.63) is 82.9 Å². The van der Waals surface area contributed by atoms with Crippen molar-refractivity contribution in [3.8, 4) is 11.1 Å². The minimum Gasteiger partial charge on any atom is -0.465 e. The molecule has 0 saturated heterocycles. The third-order valence-electron chi connectivity index (χ3n) is 7.49. The predicted molar refractivity (Wildman–Crippen MR) is 164 cm³/mol. The number of nitrogens with one attached hydrogen (secondary N) is 3. The van der Waals surface area contributed by atoms with Crippen LogP contribution in [0.1, 0.15) is 63.0 Å². The molecule has 0 aliphatic carbocycles. The summed E-state index contributed by atoms with van der Waals surface area (Å²) in [4.78, 5) is 38.4. The molecule has 4 rings (SSSR count). The number of carboxylic acid groups (broad SMARTS) is 1. The zero-order valence-electron chi connectivity index (χ0n) is 24.0. The zero-order valence-corrected chi connectivity index (χ0v) is 24.8. The van der Waals surface area contributed by atoms with Gasteiger partial charge >= 0.3 is 6.09 Å². The van der Waals surface area contributed by atoms with E-state index < -0.39 is 12.1 Å². The monoisotopic (exact) mass is 576 g/mol. The molecular formula is C32H37ClN4O4. The molecule has 0 aromatic heterocycles. The van der Waals surface area contributed by atoms with E-state index in [2.05, 4.69) is 28.9 Å². The molecule has 3 atom stereocenters. The Morgan fingerprint density at radius 1 is 1.00 bits per heavy atom. The highest BCUT2D eigenvalue weighted by molar-refractivity contribution is 6.30. The summed E-state index contributed by atoms with van der Waals surface area (Å²) < 4.78 is 0. The molecule has 9 heteroatoms. The second-order valence-corrected chi connectivity index (χ2v) is 12.0. The lowest BCUT2D eigenvalue weighted by Gasteiger charge is -2.39. The Hall–Kier alpha value is -4.04. The van der Waals surface area contributed by atoms with Crippen molar-refractivity contribution >= 4 is 40.9 Å². The molecule has 3 amide bonds. The Kier molecular flexibility index (Phi) is 8.92. The number of rotatable bonds is 7. The zero-order chi connectivity index (χ0) is 29.9. The van der Waals surface area contributed by atoms with Crippen LogP contribution in [0.25, 0.3) is 11.1 Å². The van der Waals surface area contributed by atoms with Gasteiger partial charge in [0.25, 0.3) is 5.91 Å². The molecule has 1 aliphatic rings. The highest BCUT2D eigenvalue weighted by atomic mass is 35.5. The summed E-state index contributed by atoms with van der Waals surface area (Å²) in [6, 6.07) is 20.5. The number of anilines is 2. The maximum Gasteiger partial charge on any atom is 0.404 e. The fourth-order valence-electron chi connectivity index (χ4n) is 5.24. The number of carbonyl (C=O) groups excluding carboxylic acids is 2. The van der Waals surface area contributed by atoms with Gasteiger partial charge in [-0.25, -0.2) is 4.79 Å². The minimum atomic E-state index is -1.12. The largest absolute Gasteiger partial charge is 0.465 e. The Labute approximate surface area is 246 Å². The van der Waals surface area contributed by atoms with E-state index in [-0.39, 0.29) is 35.9 Å². The molecule has 0 bridgehead atoms. The van der Waals surface area contributed by atoms with Gasteiger partial charge in [-0.15, -0.1) is 0 Å². The van der Waals surface area contributed by atoms with Crippen LogP contribution >= 0.6 is 11.6 Å². The summed E-state index contributed by atoms with van der Waals surface area (Å²) in [5.41, 5.74) is 4.86. The molecule has 216 valence electrons. The maximum atomic E-state index is 12.8. The van der Waals surface area contributed by atoms with Crippen LogP contribution in [-0.4, -0.2) is 41.6 Å². The van der Waals surface area contributed by atoms with Gasteiger partial charge in [0.1, 0.15) is 0 Å². The molecule has 1 aliphatic heterocycles. The van der Waals surface area contributed by atoms with Crippen molar-refractivity contribution < 1.29 is 19.5 Å². The van der Waals surface area contributed by atoms with Crippen LogP contribution in [0.3, 0.4) is 0 Å². The third-order valence-corrected chi connectivity index (χ3v) is 7.75. The van der Waals surface area contributed by atoms with Crippen molar-refractivity contribution in [1.82, 2.24) is 10.6 Å². The van der Waals surface area contributed by atoms with Gasteiger partial charge in [-0.3, -0.25) is 9.59 Å². The van der Waals surface area contributed by atoms with Gasteiger partial charge in [0.05, 0.1) is 12.1 Å².